The molecule has 0 saturated heterocycles. The summed E-state index contributed by atoms with van der Waals surface area (Å²) in [4.78, 5) is 22.1. The largest absolute Gasteiger partial charge is 0.401 e. The molecule has 5 nitrogen and oxygen atoms in total. The van der Waals surface area contributed by atoms with Crippen LogP contribution in [0.25, 0.3) is 5.57 Å². The van der Waals surface area contributed by atoms with Crippen LogP contribution >= 0.6 is 0 Å². The summed E-state index contributed by atoms with van der Waals surface area (Å²) in [7, 11) is 0. The van der Waals surface area contributed by atoms with Gasteiger partial charge in [0, 0.05) is 29.3 Å². The lowest BCUT2D eigenvalue weighted by molar-refractivity contribution is -0.384. The van der Waals surface area contributed by atoms with Gasteiger partial charge in [0.2, 0.25) is 0 Å². The molecule has 0 fully saturated rings. The topological polar surface area (TPSA) is 86.2 Å². The normalized spacial score (nSPS) is 19.8. The lowest BCUT2D eigenvalue weighted by Gasteiger charge is -2.03. The number of ketones is 1. The van der Waals surface area contributed by atoms with E-state index in [-0.39, 0.29) is 17.4 Å². The van der Waals surface area contributed by atoms with E-state index in [9.17, 15) is 14.9 Å². The molecule has 0 bridgehead atoms. The van der Waals surface area contributed by atoms with Gasteiger partial charge in [-0.1, -0.05) is 19.1 Å². The van der Waals surface area contributed by atoms with Crippen molar-refractivity contribution in [2.45, 2.75) is 13.3 Å². The van der Waals surface area contributed by atoms with E-state index in [1.54, 1.807) is 19.1 Å². The van der Waals surface area contributed by atoms with Crippen molar-refractivity contribution in [1.29, 1.82) is 0 Å². The average Bonchev–Trinajstić information content (AvgIpc) is 2.53. The van der Waals surface area contributed by atoms with Gasteiger partial charge in [-0.2, -0.15) is 0 Å². The summed E-state index contributed by atoms with van der Waals surface area (Å²) in [6.45, 7) is 1.81. The van der Waals surface area contributed by atoms with Crippen molar-refractivity contribution >= 4 is 17.0 Å². The highest BCUT2D eigenvalue weighted by atomic mass is 16.6. The van der Waals surface area contributed by atoms with Crippen LogP contribution in [0.15, 0.2) is 30.0 Å². The van der Waals surface area contributed by atoms with Crippen molar-refractivity contribution < 1.29 is 9.72 Å². The first-order valence-corrected chi connectivity index (χ1v) is 5.28. The summed E-state index contributed by atoms with van der Waals surface area (Å²) in [6.07, 6.45) is 0.525. The summed E-state index contributed by atoms with van der Waals surface area (Å²) in [5.41, 5.74) is 7.26. The fourth-order valence-corrected chi connectivity index (χ4v) is 2.03. The van der Waals surface area contributed by atoms with Crippen LogP contribution in [-0.2, 0) is 4.79 Å². The second-order valence-electron chi connectivity index (χ2n) is 4.18. The van der Waals surface area contributed by atoms with Gasteiger partial charge in [0.25, 0.3) is 5.69 Å². The van der Waals surface area contributed by atoms with Gasteiger partial charge in [-0.25, -0.2) is 0 Å². The third kappa shape index (κ3) is 1.91. The molecular weight excluding hydrogens is 220 g/mol. The number of carbonyl (C=O) groups is 1. The minimum atomic E-state index is -0.483. The van der Waals surface area contributed by atoms with Crippen LogP contribution in [0.4, 0.5) is 5.69 Å². The summed E-state index contributed by atoms with van der Waals surface area (Å²) < 4.78 is 0. The van der Waals surface area contributed by atoms with Gasteiger partial charge in [-0.15, -0.1) is 0 Å². The van der Waals surface area contributed by atoms with E-state index in [1.807, 2.05) is 0 Å². The Kier molecular flexibility index (Phi) is 2.67. The Morgan fingerprint density at radius 1 is 1.47 bits per heavy atom. The van der Waals surface area contributed by atoms with E-state index in [4.69, 9.17) is 5.73 Å². The number of non-ortho nitro benzene ring substituents is 1. The molecule has 1 aliphatic rings. The molecule has 1 aromatic rings. The lowest BCUT2D eigenvalue weighted by Crippen LogP contribution is -2.05. The van der Waals surface area contributed by atoms with Gasteiger partial charge in [0.1, 0.15) is 0 Å². The molecule has 0 aliphatic heterocycles. The van der Waals surface area contributed by atoms with Crippen molar-refractivity contribution in [2.24, 2.45) is 11.7 Å². The third-order valence-electron chi connectivity index (χ3n) is 2.89. The Hall–Kier alpha value is -2.17. The van der Waals surface area contributed by atoms with E-state index in [2.05, 4.69) is 0 Å². The standard InChI is InChI=1S/C12H12N2O3/c1-7-5-10(13)11(12(7)15)8-3-2-4-9(6-8)14(16)17/h2-4,6-7H,5,13H2,1H3. The SMILES string of the molecule is CC1CC(N)=C(c2cccc([N+](=O)[O-])c2)C1=O. The number of nitrogens with zero attached hydrogens (tertiary/aromatic N) is 1. The van der Waals surface area contributed by atoms with Gasteiger partial charge in [-0.3, -0.25) is 14.9 Å². The van der Waals surface area contributed by atoms with E-state index >= 15 is 0 Å². The van der Waals surface area contributed by atoms with Crippen LogP contribution in [-0.4, -0.2) is 10.7 Å². The van der Waals surface area contributed by atoms with Crippen LogP contribution in [0.5, 0.6) is 0 Å². The van der Waals surface area contributed by atoms with Gasteiger partial charge in [-0.05, 0) is 12.0 Å². The van der Waals surface area contributed by atoms with Crippen LogP contribution in [0.3, 0.4) is 0 Å². The molecule has 2 rings (SSSR count). The van der Waals surface area contributed by atoms with Gasteiger partial charge in [0.05, 0.1) is 4.92 Å². The molecule has 17 heavy (non-hydrogen) atoms. The number of allylic oxidation sites excluding steroid dienone is 2. The molecule has 0 amide bonds. The maximum atomic E-state index is 11.9. The minimum Gasteiger partial charge on any atom is -0.401 e. The molecule has 0 spiro atoms. The number of carbonyl (C=O) groups excluding carboxylic acids is 1. The Morgan fingerprint density at radius 2 is 2.18 bits per heavy atom. The fourth-order valence-electron chi connectivity index (χ4n) is 2.03. The molecule has 1 atom stereocenters. The number of Topliss-reactive ketones (excluding diaryl/α,β-unsaturated/α-hetero) is 1. The first-order chi connectivity index (χ1) is 8.00. The number of nitro benzene ring substituents is 1. The number of benzene rings is 1. The monoisotopic (exact) mass is 232 g/mol. The third-order valence-corrected chi connectivity index (χ3v) is 2.89. The molecule has 5 heteroatoms. The molecule has 1 aromatic carbocycles. The maximum Gasteiger partial charge on any atom is 0.270 e. The predicted molar refractivity (Wildman–Crippen MR) is 63.0 cm³/mol. The van der Waals surface area contributed by atoms with E-state index < -0.39 is 4.92 Å². The molecule has 1 aliphatic carbocycles. The van der Waals surface area contributed by atoms with Crippen LogP contribution in [0.2, 0.25) is 0 Å². The summed E-state index contributed by atoms with van der Waals surface area (Å²) in [5.74, 6) is -0.174. The Labute approximate surface area is 98.1 Å². The molecule has 0 radical (unpaired) electrons. The average molecular weight is 232 g/mol. The highest BCUT2D eigenvalue weighted by Crippen LogP contribution is 2.33. The number of nitrogens with two attached hydrogens (primary N) is 1. The second-order valence-corrected chi connectivity index (χ2v) is 4.18. The zero-order valence-electron chi connectivity index (χ0n) is 9.34. The van der Waals surface area contributed by atoms with E-state index in [1.165, 1.54) is 12.1 Å². The zero-order valence-corrected chi connectivity index (χ0v) is 9.34. The molecule has 0 aromatic heterocycles. The molecule has 0 heterocycles. The number of hydrogen-bond acceptors (Lipinski definition) is 4. The molecular formula is C12H12N2O3. The number of hydrogen-bond donors (Lipinski definition) is 1. The smallest absolute Gasteiger partial charge is 0.270 e. The van der Waals surface area contributed by atoms with Crippen molar-refractivity contribution in [1.82, 2.24) is 0 Å². The molecule has 88 valence electrons. The van der Waals surface area contributed by atoms with Crippen LogP contribution in [0, 0.1) is 16.0 Å². The van der Waals surface area contributed by atoms with Crippen molar-refractivity contribution in [2.75, 3.05) is 0 Å². The fraction of sp³-hybridized carbons (Fsp3) is 0.250. The summed E-state index contributed by atoms with van der Waals surface area (Å²) in [6, 6.07) is 6.01. The summed E-state index contributed by atoms with van der Waals surface area (Å²) >= 11 is 0. The van der Waals surface area contributed by atoms with Crippen LogP contribution in [0.1, 0.15) is 18.9 Å². The molecule has 1 unspecified atom stereocenters. The van der Waals surface area contributed by atoms with E-state index in [0.717, 1.165) is 0 Å². The summed E-state index contributed by atoms with van der Waals surface area (Å²) in [5, 5.41) is 10.7. The lowest BCUT2D eigenvalue weighted by atomic mass is 10.00. The Balaban J connectivity index is 2.48. The van der Waals surface area contributed by atoms with Crippen molar-refractivity contribution in [3.8, 4) is 0 Å². The van der Waals surface area contributed by atoms with Crippen molar-refractivity contribution in [3.05, 3.63) is 45.6 Å². The Morgan fingerprint density at radius 3 is 2.71 bits per heavy atom. The van der Waals surface area contributed by atoms with Crippen molar-refractivity contribution in [3.63, 3.8) is 0 Å². The van der Waals surface area contributed by atoms with E-state index in [0.29, 0.717) is 23.3 Å². The zero-order chi connectivity index (χ0) is 12.6. The predicted octanol–water partition coefficient (Wildman–Crippen LogP) is 1.87. The first-order valence-electron chi connectivity index (χ1n) is 5.28. The second kappa shape index (κ2) is 4.01. The minimum absolute atomic E-state index is 0.0323. The highest BCUT2D eigenvalue weighted by Gasteiger charge is 2.29. The van der Waals surface area contributed by atoms with Gasteiger partial charge in [0.15, 0.2) is 5.78 Å². The van der Waals surface area contributed by atoms with Gasteiger partial charge < -0.3 is 5.73 Å². The van der Waals surface area contributed by atoms with Gasteiger partial charge >= 0.3 is 0 Å². The van der Waals surface area contributed by atoms with Crippen LogP contribution < -0.4 is 5.73 Å². The number of rotatable bonds is 2. The highest BCUT2D eigenvalue weighted by molar-refractivity contribution is 6.24. The quantitative estimate of drug-likeness (QED) is 0.623. The Bertz CT molecular complexity index is 534. The first kappa shape index (κ1) is 11.3. The molecule has 2 N–H and O–H groups in total. The number of nitro groups is 1. The maximum absolute atomic E-state index is 11.9. The molecule has 0 saturated carbocycles.